The summed E-state index contributed by atoms with van der Waals surface area (Å²) in [5, 5.41) is 0. The van der Waals surface area contributed by atoms with Crippen LogP contribution in [0, 0.1) is 13.8 Å². The molecule has 0 heterocycles. The minimum absolute atomic E-state index is 0.742. The first-order chi connectivity index (χ1) is 8.12. The third-order valence-corrected chi connectivity index (χ3v) is 3.13. The molecule has 1 nitrogen and oxygen atoms in total. The predicted molar refractivity (Wildman–Crippen MR) is 75.2 cm³/mol. The van der Waals surface area contributed by atoms with Crippen LogP contribution in [-0.2, 0) is 11.2 Å². The highest BCUT2D eigenvalue weighted by molar-refractivity contribution is 5.58. The van der Waals surface area contributed by atoms with Crippen molar-refractivity contribution in [1.82, 2.24) is 0 Å². The van der Waals surface area contributed by atoms with E-state index >= 15 is 0 Å². The topological polar surface area (TPSA) is 9.23 Å². The van der Waals surface area contributed by atoms with Crippen LogP contribution in [0.5, 0.6) is 0 Å². The van der Waals surface area contributed by atoms with E-state index in [0.717, 1.165) is 25.2 Å². The molecule has 0 aromatic heterocycles. The van der Waals surface area contributed by atoms with Gasteiger partial charge in [-0.1, -0.05) is 26.0 Å². The molecule has 0 spiro atoms. The summed E-state index contributed by atoms with van der Waals surface area (Å²) in [5.74, 6) is 1.07. The van der Waals surface area contributed by atoms with E-state index in [4.69, 9.17) is 4.74 Å². The molecule has 0 bridgehead atoms. The van der Waals surface area contributed by atoms with E-state index < -0.39 is 0 Å². The van der Waals surface area contributed by atoms with Crippen LogP contribution in [0.25, 0.3) is 6.08 Å². The minimum atomic E-state index is 0.742. The van der Waals surface area contributed by atoms with Crippen molar-refractivity contribution < 1.29 is 4.74 Å². The Morgan fingerprint density at radius 1 is 1.12 bits per heavy atom. The lowest BCUT2D eigenvalue weighted by molar-refractivity contribution is 0.224. The van der Waals surface area contributed by atoms with Gasteiger partial charge in [0.25, 0.3) is 0 Å². The summed E-state index contributed by atoms with van der Waals surface area (Å²) < 4.78 is 5.63. The molecule has 0 fully saturated rings. The van der Waals surface area contributed by atoms with Gasteiger partial charge in [0.1, 0.15) is 0 Å². The molecule has 0 radical (unpaired) electrons. The standard InChI is InChI=1S/C16H24O/c1-6-14-9-12(4)13(5)10-15(14)11-16(7-2)17-8-3/h9-11H,6-8H2,1-5H3. The molecule has 0 aliphatic carbocycles. The molecule has 1 aromatic carbocycles. The van der Waals surface area contributed by atoms with Crippen molar-refractivity contribution in [2.75, 3.05) is 6.61 Å². The number of benzene rings is 1. The SMILES string of the molecule is CCOC(=Cc1cc(C)c(C)cc1CC)CC. The smallest absolute Gasteiger partial charge is 0.0962 e. The lowest BCUT2D eigenvalue weighted by atomic mass is 9.97. The van der Waals surface area contributed by atoms with E-state index in [1.54, 1.807) is 0 Å². The fourth-order valence-electron chi connectivity index (χ4n) is 1.94. The number of hydrogen-bond donors (Lipinski definition) is 0. The first kappa shape index (κ1) is 13.8. The zero-order chi connectivity index (χ0) is 12.8. The van der Waals surface area contributed by atoms with Crippen molar-refractivity contribution in [2.24, 2.45) is 0 Å². The van der Waals surface area contributed by atoms with Crippen LogP contribution in [0.2, 0.25) is 0 Å². The van der Waals surface area contributed by atoms with Gasteiger partial charge in [-0.15, -0.1) is 0 Å². The van der Waals surface area contributed by atoms with Crippen molar-refractivity contribution in [3.63, 3.8) is 0 Å². The molecule has 0 saturated carbocycles. The zero-order valence-electron chi connectivity index (χ0n) is 11.8. The molecule has 0 amide bonds. The van der Waals surface area contributed by atoms with Crippen molar-refractivity contribution in [3.8, 4) is 0 Å². The molecular weight excluding hydrogens is 208 g/mol. The Morgan fingerprint density at radius 3 is 2.29 bits per heavy atom. The lowest BCUT2D eigenvalue weighted by Gasteiger charge is -2.11. The molecule has 0 unspecified atom stereocenters. The van der Waals surface area contributed by atoms with E-state index in [0.29, 0.717) is 0 Å². The number of hydrogen-bond acceptors (Lipinski definition) is 1. The third-order valence-electron chi connectivity index (χ3n) is 3.13. The van der Waals surface area contributed by atoms with Gasteiger partial charge >= 0.3 is 0 Å². The maximum absolute atomic E-state index is 5.63. The van der Waals surface area contributed by atoms with Crippen molar-refractivity contribution in [3.05, 3.63) is 40.1 Å². The molecule has 1 aromatic rings. The number of rotatable bonds is 5. The zero-order valence-corrected chi connectivity index (χ0v) is 11.8. The molecule has 0 aliphatic heterocycles. The highest BCUT2D eigenvalue weighted by Gasteiger charge is 2.03. The Balaban J connectivity index is 3.15. The van der Waals surface area contributed by atoms with E-state index in [1.807, 2.05) is 6.92 Å². The summed E-state index contributed by atoms with van der Waals surface area (Å²) in [6.07, 6.45) is 4.20. The van der Waals surface area contributed by atoms with Crippen LogP contribution in [0.15, 0.2) is 17.9 Å². The van der Waals surface area contributed by atoms with E-state index in [9.17, 15) is 0 Å². The number of aryl methyl sites for hydroxylation is 3. The maximum atomic E-state index is 5.63. The van der Waals surface area contributed by atoms with E-state index in [1.165, 1.54) is 22.3 Å². The molecule has 17 heavy (non-hydrogen) atoms. The molecule has 0 saturated heterocycles. The molecule has 1 heteroatoms. The van der Waals surface area contributed by atoms with Gasteiger partial charge in [-0.3, -0.25) is 0 Å². The first-order valence-corrected chi connectivity index (χ1v) is 6.55. The second-order valence-corrected chi connectivity index (χ2v) is 4.39. The highest BCUT2D eigenvalue weighted by Crippen LogP contribution is 2.20. The van der Waals surface area contributed by atoms with Gasteiger partial charge in [0.05, 0.1) is 12.4 Å². The Bertz CT molecular complexity index is 402. The minimum Gasteiger partial charge on any atom is -0.498 e. The Morgan fingerprint density at radius 2 is 1.76 bits per heavy atom. The van der Waals surface area contributed by atoms with Crippen LogP contribution < -0.4 is 0 Å². The fourth-order valence-corrected chi connectivity index (χ4v) is 1.94. The Kier molecular flexibility index (Phi) is 5.27. The summed E-state index contributed by atoms with van der Waals surface area (Å²) in [7, 11) is 0. The normalized spacial score (nSPS) is 11.7. The molecule has 0 N–H and O–H groups in total. The van der Waals surface area contributed by atoms with Gasteiger partial charge in [0.2, 0.25) is 0 Å². The van der Waals surface area contributed by atoms with Crippen molar-refractivity contribution >= 4 is 6.08 Å². The monoisotopic (exact) mass is 232 g/mol. The lowest BCUT2D eigenvalue weighted by Crippen LogP contribution is -1.95. The van der Waals surface area contributed by atoms with Crippen LogP contribution in [0.1, 0.15) is 49.4 Å². The summed E-state index contributed by atoms with van der Waals surface area (Å²) in [6, 6.07) is 4.56. The van der Waals surface area contributed by atoms with Crippen molar-refractivity contribution in [2.45, 2.75) is 47.5 Å². The van der Waals surface area contributed by atoms with Gasteiger partial charge < -0.3 is 4.74 Å². The maximum Gasteiger partial charge on any atom is 0.0962 e. The number of ether oxygens (including phenoxy) is 1. The Labute approximate surface area is 106 Å². The predicted octanol–water partition coefficient (Wildman–Crippen LogP) is 4.65. The summed E-state index contributed by atoms with van der Waals surface area (Å²) in [4.78, 5) is 0. The van der Waals surface area contributed by atoms with Gasteiger partial charge in [-0.25, -0.2) is 0 Å². The van der Waals surface area contributed by atoms with Crippen molar-refractivity contribution in [1.29, 1.82) is 0 Å². The molecule has 1 rings (SSSR count). The van der Waals surface area contributed by atoms with Gasteiger partial charge in [0, 0.05) is 6.42 Å². The molecule has 0 atom stereocenters. The molecule has 0 aliphatic rings. The number of allylic oxidation sites excluding steroid dienone is 1. The fraction of sp³-hybridized carbons (Fsp3) is 0.500. The second kappa shape index (κ2) is 6.48. The van der Waals surface area contributed by atoms with Gasteiger partial charge in [-0.05, 0) is 55.5 Å². The average molecular weight is 232 g/mol. The summed E-state index contributed by atoms with van der Waals surface area (Å²) >= 11 is 0. The Hall–Kier alpha value is -1.24. The van der Waals surface area contributed by atoms with Gasteiger partial charge in [-0.2, -0.15) is 0 Å². The second-order valence-electron chi connectivity index (χ2n) is 4.39. The summed E-state index contributed by atoms with van der Waals surface area (Å²) in [6.45, 7) is 11.4. The quantitative estimate of drug-likeness (QED) is 0.671. The van der Waals surface area contributed by atoms with Gasteiger partial charge in [0.15, 0.2) is 0 Å². The highest BCUT2D eigenvalue weighted by atomic mass is 16.5. The van der Waals surface area contributed by atoms with Crippen LogP contribution in [-0.4, -0.2) is 6.61 Å². The van der Waals surface area contributed by atoms with Crippen LogP contribution in [0.4, 0.5) is 0 Å². The van der Waals surface area contributed by atoms with Crippen LogP contribution >= 0.6 is 0 Å². The third kappa shape index (κ3) is 3.62. The largest absolute Gasteiger partial charge is 0.498 e. The molecular formula is C16H24O. The van der Waals surface area contributed by atoms with E-state index in [2.05, 4.69) is 45.9 Å². The molecule has 94 valence electrons. The van der Waals surface area contributed by atoms with Crippen LogP contribution in [0.3, 0.4) is 0 Å². The summed E-state index contributed by atoms with van der Waals surface area (Å²) in [5.41, 5.74) is 5.42. The first-order valence-electron chi connectivity index (χ1n) is 6.55. The average Bonchev–Trinajstić information content (AvgIpc) is 2.32. The van der Waals surface area contributed by atoms with E-state index in [-0.39, 0.29) is 0 Å².